The van der Waals surface area contributed by atoms with Crippen molar-refractivity contribution in [3.63, 3.8) is 0 Å². The molecule has 1 aromatic carbocycles. The second kappa shape index (κ2) is 8.58. The van der Waals surface area contributed by atoms with E-state index in [0.717, 1.165) is 12.0 Å². The molecule has 0 radical (unpaired) electrons. The summed E-state index contributed by atoms with van der Waals surface area (Å²) in [5.41, 5.74) is 1.05. The molecule has 0 aliphatic carbocycles. The molecule has 0 saturated heterocycles. The number of rotatable bonds is 7. The van der Waals surface area contributed by atoms with E-state index in [-0.39, 0.29) is 18.4 Å². The molecule has 0 heterocycles. The second-order valence-corrected chi connectivity index (χ2v) is 4.90. The van der Waals surface area contributed by atoms with Crippen molar-refractivity contribution in [1.82, 2.24) is 10.6 Å². The summed E-state index contributed by atoms with van der Waals surface area (Å²) in [6.45, 7) is 2.61. The lowest BCUT2D eigenvalue weighted by molar-refractivity contribution is -0.125. The molecule has 0 saturated carbocycles. The molecule has 2 N–H and O–H groups in total. The molecular formula is C14H20N2O2S. The molecule has 1 atom stereocenters. The van der Waals surface area contributed by atoms with E-state index in [9.17, 15) is 9.59 Å². The van der Waals surface area contributed by atoms with Crippen LogP contribution in [-0.2, 0) is 16.0 Å². The van der Waals surface area contributed by atoms with Crippen LogP contribution in [0.15, 0.2) is 30.3 Å². The monoisotopic (exact) mass is 280 g/mol. The summed E-state index contributed by atoms with van der Waals surface area (Å²) in [5.74, 6) is -0.394. The minimum atomic E-state index is -0.443. The van der Waals surface area contributed by atoms with Gasteiger partial charge in [-0.15, -0.1) is 0 Å². The minimum absolute atomic E-state index is 0.00465. The molecule has 0 aromatic heterocycles. The van der Waals surface area contributed by atoms with Crippen LogP contribution < -0.4 is 10.6 Å². The first kappa shape index (κ1) is 15.6. The zero-order valence-electron chi connectivity index (χ0n) is 11.1. The number of carbonyl (C=O) groups is 2. The molecule has 0 spiro atoms. The molecule has 4 nitrogen and oxygen atoms in total. The van der Waals surface area contributed by atoms with Gasteiger partial charge in [0, 0.05) is 6.54 Å². The Morgan fingerprint density at radius 1 is 1.21 bits per heavy atom. The van der Waals surface area contributed by atoms with Gasteiger partial charge in [0.15, 0.2) is 0 Å². The lowest BCUT2D eigenvalue weighted by Crippen LogP contribution is -2.40. The average Bonchev–Trinajstić information content (AvgIpc) is 2.43. The maximum absolute atomic E-state index is 11.8. The molecule has 0 fully saturated rings. The van der Waals surface area contributed by atoms with Crippen LogP contribution in [0.5, 0.6) is 0 Å². The van der Waals surface area contributed by atoms with Crippen molar-refractivity contribution in [2.24, 2.45) is 0 Å². The summed E-state index contributed by atoms with van der Waals surface area (Å²) in [5, 5.41) is 4.84. The van der Waals surface area contributed by atoms with Crippen molar-refractivity contribution >= 4 is 24.4 Å². The van der Waals surface area contributed by atoms with Crippen LogP contribution in [0.25, 0.3) is 0 Å². The lowest BCUT2D eigenvalue weighted by atomic mass is 10.1. The standard InChI is InChI=1S/C14H20N2O2S/c1-2-8-15-13(17)10-16-14(18)12(19)9-11-6-4-3-5-7-11/h3-7,12,19H,2,8-10H2,1H3,(H,15,17)(H,16,18). The highest BCUT2D eigenvalue weighted by Crippen LogP contribution is 2.07. The van der Waals surface area contributed by atoms with Crippen LogP contribution in [-0.4, -0.2) is 30.2 Å². The second-order valence-electron chi connectivity index (χ2n) is 4.27. The number of nitrogens with one attached hydrogen (secondary N) is 2. The summed E-state index contributed by atoms with van der Waals surface area (Å²) >= 11 is 4.27. The Kier molecular flexibility index (Phi) is 7.03. The molecule has 0 aliphatic heterocycles. The van der Waals surface area contributed by atoms with Crippen molar-refractivity contribution in [2.75, 3.05) is 13.1 Å². The van der Waals surface area contributed by atoms with Gasteiger partial charge in [-0.25, -0.2) is 0 Å². The topological polar surface area (TPSA) is 58.2 Å². The molecule has 1 aromatic rings. The third-order valence-corrected chi connectivity index (χ3v) is 2.99. The van der Waals surface area contributed by atoms with Gasteiger partial charge >= 0.3 is 0 Å². The highest BCUT2D eigenvalue weighted by molar-refractivity contribution is 7.81. The van der Waals surface area contributed by atoms with Crippen LogP contribution >= 0.6 is 12.6 Å². The van der Waals surface area contributed by atoms with Gasteiger partial charge < -0.3 is 10.6 Å². The van der Waals surface area contributed by atoms with Crippen LogP contribution in [0.2, 0.25) is 0 Å². The molecule has 2 amide bonds. The Hall–Kier alpha value is -1.49. The third kappa shape index (κ3) is 6.29. The highest BCUT2D eigenvalue weighted by atomic mass is 32.1. The fourth-order valence-electron chi connectivity index (χ4n) is 1.54. The number of benzene rings is 1. The van der Waals surface area contributed by atoms with E-state index in [1.807, 2.05) is 37.3 Å². The Bertz CT molecular complexity index is 409. The van der Waals surface area contributed by atoms with Gasteiger partial charge in [-0.1, -0.05) is 37.3 Å². The van der Waals surface area contributed by atoms with Crippen LogP contribution in [0.4, 0.5) is 0 Å². The van der Waals surface area contributed by atoms with Crippen molar-refractivity contribution < 1.29 is 9.59 Å². The fraction of sp³-hybridized carbons (Fsp3) is 0.429. The normalized spacial score (nSPS) is 11.7. The maximum Gasteiger partial charge on any atom is 0.239 e. The summed E-state index contributed by atoms with van der Waals surface area (Å²) in [6.07, 6.45) is 1.43. The molecule has 1 unspecified atom stereocenters. The van der Waals surface area contributed by atoms with Crippen molar-refractivity contribution in [1.29, 1.82) is 0 Å². The predicted molar refractivity (Wildman–Crippen MR) is 79.2 cm³/mol. The summed E-state index contributed by atoms with van der Waals surface area (Å²) in [6, 6.07) is 9.67. The summed E-state index contributed by atoms with van der Waals surface area (Å²) < 4.78 is 0. The minimum Gasteiger partial charge on any atom is -0.355 e. The van der Waals surface area contributed by atoms with E-state index in [0.29, 0.717) is 13.0 Å². The van der Waals surface area contributed by atoms with Crippen LogP contribution in [0.3, 0.4) is 0 Å². The van der Waals surface area contributed by atoms with Crippen molar-refractivity contribution in [3.05, 3.63) is 35.9 Å². The zero-order valence-corrected chi connectivity index (χ0v) is 12.0. The third-order valence-electron chi connectivity index (χ3n) is 2.57. The van der Waals surface area contributed by atoms with Crippen LogP contribution in [0, 0.1) is 0 Å². The maximum atomic E-state index is 11.8. The number of carbonyl (C=O) groups excluding carboxylic acids is 2. The molecule has 0 bridgehead atoms. The van der Waals surface area contributed by atoms with Gasteiger partial charge in [-0.05, 0) is 18.4 Å². The van der Waals surface area contributed by atoms with Gasteiger partial charge in [0.25, 0.3) is 0 Å². The van der Waals surface area contributed by atoms with E-state index in [2.05, 4.69) is 23.3 Å². The smallest absolute Gasteiger partial charge is 0.239 e. The van der Waals surface area contributed by atoms with Crippen LogP contribution in [0.1, 0.15) is 18.9 Å². The van der Waals surface area contributed by atoms with Gasteiger partial charge in [0.05, 0.1) is 11.8 Å². The fourth-order valence-corrected chi connectivity index (χ4v) is 1.84. The molecule has 5 heteroatoms. The summed E-state index contributed by atoms with van der Waals surface area (Å²) in [4.78, 5) is 23.1. The number of hydrogen-bond acceptors (Lipinski definition) is 3. The van der Waals surface area contributed by atoms with E-state index < -0.39 is 5.25 Å². The molecule has 0 aliphatic rings. The first-order valence-electron chi connectivity index (χ1n) is 6.40. The first-order valence-corrected chi connectivity index (χ1v) is 6.91. The van der Waals surface area contributed by atoms with Crippen molar-refractivity contribution in [2.45, 2.75) is 25.0 Å². The highest BCUT2D eigenvalue weighted by Gasteiger charge is 2.14. The Balaban J connectivity index is 2.31. The van der Waals surface area contributed by atoms with Gasteiger partial charge in [-0.3, -0.25) is 9.59 Å². The molecule has 1 rings (SSSR count). The van der Waals surface area contributed by atoms with E-state index in [1.165, 1.54) is 0 Å². The Morgan fingerprint density at radius 2 is 1.89 bits per heavy atom. The van der Waals surface area contributed by atoms with Gasteiger partial charge in [0.1, 0.15) is 0 Å². The number of amides is 2. The molecule has 19 heavy (non-hydrogen) atoms. The summed E-state index contributed by atoms with van der Waals surface area (Å²) in [7, 11) is 0. The Labute approximate surface area is 119 Å². The lowest BCUT2D eigenvalue weighted by Gasteiger charge is -2.11. The van der Waals surface area contributed by atoms with E-state index in [4.69, 9.17) is 0 Å². The molecule has 104 valence electrons. The number of hydrogen-bond donors (Lipinski definition) is 3. The largest absolute Gasteiger partial charge is 0.355 e. The zero-order chi connectivity index (χ0) is 14.1. The van der Waals surface area contributed by atoms with Crippen molar-refractivity contribution in [3.8, 4) is 0 Å². The first-order chi connectivity index (χ1) is 9.13. The van der Waals surface area contributed by atoms with E-state index >= 15 is 0 Å². The molecular weight excluding hydrogens is 260 g/mol. The van der Waals surface area contributed by atoms with E-state index in [1.54, 1.807) is 0 Å². The van der Waals surface area contributed by atoms with Gasteiger partial charge in [0.2, 0.25) is 11.8 Å². The SMILES string of the molecule is CCCNC(=O)CNC(=O)C(S)Cc1ccccc1. The Morgan fingerprint density at radius 3 is 2.53 bits per heavy atom. The quantitative estimate of drug-likeness (QED) is 0.657. The average molecular weight is 280 g/mol. The number of thiol groups is 1. The predicted octanol–water partition coefficient (Wildman–Crippen LogP) is 1.17. The van der Waals surface area contributed by atoms with Gasteiger partial charge in [-0.2, -0.15) is 12.6 Å².